The molecule has 1 aliphatic rings. The molecular weight excluding hydrogens is 270 g/mol. The van der Waals surface area contributed by atoms with E-state index in [0.717, 1.165) is 16.8 Å². The average molecular weight is 293 g/mol. The van der Waals surface area contributed by atoms with Crippen molar-refractivity contribution in [2.75, 3.05) is 25.3 Å². The molecule has 1 aliphatic heterocycles. The summed E-state index contributed by atoms with van der Waals surface area (Å²) in [6, 6.07) is 6.06. The van der Waals surface area contributed by atoms with Crippen LogP contribution in [0, 0.1) is 19.3 Å². The molecule has 1 fully saturated rings. The Bertz CT molecular complexity index is 511. The van der Waals surface area contributed by atoms with Crippen LogP contribution in [-0.2, 0) is 14.3 Å². The molecule has 0 aliphatic carbocycles. The fraction of sp³-hybridized carbons (Fsp3) is 0.562. The van der Waals surface area contributed by atoms with E-state index < -0.39 is 17.7 Å². The van der Waals surface area contributed by atoms with Gasteiger partial charge in [0.1, 0.15) is 12.1 Å². The van der Waals surface area contributed by atoms with Crippen LogP contribution in [0.5, 0.6) is 0 Å². The van der Waals surface area contributed by atoms with Gasteiger partial charge in [0.05, 0.1) is 7.11 Å². The Morgan fingerprint density at radius 2 is 2.10 bits per heavy atom. The minimum atomic E-state index is -1.14. The number of hydrogen-bond acceptors (Lipinski definition) is 5. The smallest absolute Gasteiger partial charge is 0.318 e. The molecule has 5 heteroatoms. The van der Waals surface area contributed by atoms with Gasteiger partial charge in [-0.1, -0.05) is 25.1 Å². The highest BCUT2D eigenvalue weighted by atomic mass is 16.6. The van der Waals surface area contributed by atoms with E-state index in [1.807, 2.05) is 43.9 Å². The van der Waals surface area contributed by atoms with Crippen molar-refractivity contribution < 1.29 is 19.4 Å². The number of hydrogen-bond donors (Lipinski definition) is 1. The molecule has 21 heavy (non-hydrogen) atoms. The molecule has 1 aromatic rings. The van der Waals surface area contributed by atoms with Crippen LogP contribution in [0.15, 0.2) is 18.2 Å². The number of aliphatic hydroxyl groups is 1. The van der Waals surface area contributed by atoms with Crippen molar-refractivity contribution in [1.82, 2.24) is 0 Å². The number of benzene rings is 1. The SMILES string of the molecule is CCC1(C(=O)OC)CN(c2c(C)cccc2C)COC1O. The lowest BCUT2D eigenvalue weighted by atomic mass is 9.82. The van der Waals surface area contributed by atoms with E-state index >= 15 is 0 Å². The van der Waals surface area contributed by atoms with Crippen molar-refractivity contribution in [3.63, 3.8) is 0 Å². The number of esters is 1. The molecule has 0 spiro atoms. The van der Waals surface area contributed by atoms with Crippen LogP contribution in [0.4, 0.5) is 5.69 Å². The van der Waals surface area contributed by atoms with Gasteiger partial charge in [0.25, 0.3) is 0 Å². The van der Waals surface area contributed by atoms with Gasteiger partial charge in [0.15, 0.2) is 6.29 Å². The number of ether oxygens (including phenoxy) is 2. The molecule has 1 heterocycles. The number of carbonyl (C=O) groups excluding carboxylic acids is 1. The largest absolute Gasteiger partial charge is 0.468 e. The Labute approximate surface area is 125 Å². The highest BCUT2D eigenvalue weighted by molar-refractivity contribution is 5.78. The van der Waals surface area contributed by atoms with Gasteiger partial charge in [-0.3, -0.25) is 4.79 Å². The molecule has 0 amide bonds. The number of nitrogens with zero attached hydrogens (tertiary/aromatic N) is 1. The van der Waals surface area contributed by atoms with E-state index in [1.54, 1.807) is 0 Å². The summed E-state index contributed by atoms with van der Waals surface area (Å²) in [7, 11) is 1.34. The van der Waals surface area contributed by atoms with E-state index in [0.29, 0.717) is 13.0 Å². The van der Waals surface area contributed by atoms with Gasteiger partial charge in [-0.2, -0.15) is 0 Å². The summed E-state index contributed by atoms with van der Waals surface area (Å²) in [5.41, 5.74) is 2.22. The zero-order valence-electron chi connectivity index (χ0n) is 13.0. The number of para-hydroxylation sites is 1. The molecule has 0 radical (unpaired) electrons. The van der Waals surface area contributed by atoms with Gasteiger partial charge in [-0.15, -0.1) is 0 Å². The lowest BCUT2D eigenvalue weighted by Gasteiger charge is -2.44. The van der Waals surface area contributed by atoms with Crippen molar-refractivity contribution in [3.05, 3.63) is 29.3 Å². The fourth-order valence-corrected chi connectivity index (χ4v) is 3.03. The van der Waals surface area contributed by atoms with Gasteiger partial charge >= 0.3 is 5.97 Å². The van der Waals surface area contributed by atoms with Gasteiger partial charge in [-0.25, -0.2) is 0 Å². The molecule has 2 rings (SSSR count). The van der Waals surface area contributed by atoms with E-state index in [4.69, 9.17) is 9.47 Å². The summed E-state index contributed by atoms with van der Waals surface area (Å²) in [5.74, 6) is -0.437. The highest BCUT2D eigenvalue weighted by Gasteiger charge is 2.50. The van der Waals surface area contributed by atoms with Crippen LogP contribution >= 0.6 is 0 Å². The standard InChI is InChI=1S/C16H23NO4/c1-5-16(14(18)20-4)9-17(10-21-15(16)19)13-11(2)7-6-8-12(13)3/h6-8,15,19H,5,9-10H2,1-4H3. The number of carbonyl (C=O) groups is 1. The second kappa shape index (κ2) is 6.03. The molecule has 0 saturated carbocycles. The topological polar surface area (TPSA) is 59.0 Å². The predicted molar refractivity (Wildman–Crippen MR) is 80.0 cm³/mol. The zero-order chi connectivity index (χ0) is 15.6. The van der Waals surface area contributed by atoms with E-state index in [9.17, 15) is 9.90 Å². The number of methoxy groups -OCH3 is 1. The van der Waals surface area contributed by atoms with Gasteiger partial charge in [0, 0.05) is 12.2 Å². The Morgan fingerprint density at radius 3 is 2.62 bits per heavy atom. The summed E-state index contributed by atoms with van der Waals surface area (Å²) < 4.78 is 10.4. The van der Waals surface area contributed by atoms with Crippen LogP contribution in [0.3, 0.4) is 0 Å². The minimum Gasteiger partial charge on any atom is -0.468 e. The normalized spacial score (nSPS) is 25.8. The van der Waals surface area contributed by atoms with Crippen LogP contribution in [0.25, 0.3) is 0 Å². The molecule has 1 aromatic carbocycles. The van der Waals surface area contributed by atoms with Crippen molar-refractivity contribution in [3.8, 4) is 0 Å². The summed E-state index contributed by atoms with van der Waals surface area (Å²) in [6.45, 7) is 6.55. The van der Waals surface area contributed by atoms with E-state index in [2.05, 4.69) is 0 Å². The molecule has 1 saturated heterocycles. The Hall–Kier alpha value is -1.59. The van der Waals surface area contributed by atoms with E-state index in [1.165, 1.54) is 7.11 Å². The summed E-state index contributed by atoms with van der Waals surface area (Å²) >= 11 is 0. The first kappa shape index (κ1) is 15.8. The third-order valence-electron chi connectivity index (χ3n) is 4.31. The lowest BCUT2D eigenvalue weighted by Crippen LogP contribution is -2.57. The average Bonchev–Trinajstić information content (AvgIpc) is 2.48. The molecule has 0 bridgehead atoms. The highest BCUT2D eigenvalue weighted by Crippen LogP contribution is 2.37. The molecule has 2 unspecified atom stereocenters. The molecule has 1 N–H and O–H groups in total. The molecule has 0 aromatic heterocycles. The monoisotopic (exact) mass is 293 g/mol. The Kier molecular flexibility index (Phi) is 4.54. The number of aliphatic hydroxyl groups excluding tert-OH is 1. The number of aryl methyl sites for hydroxylation is 2. The summed E-state index contributed by atoms with van der Waals surface area (Å²) in [5, 5.41) is 10.2. The predicted octanol–water partition coefficient (Wildman–Crippen LogP) is 1.99. The minimum absolute atomic E-state index is 0.256. The van der Waals surface area contributed by atoms with Crippen molar-refractivity contribution >= 4 is 11.7 Å². The third kappa shape index (κ3) is 2.63. The number of rotatable bonds is 3. The maximum Gasteiger partial charge on any atom is 0.318 e. The van der Waals surface area contributed by atoms with Crippen LogP contribution < -0.4 is 4.90 Å². The zero-order valence-corrected chi connectivity index (χ0v) is 13.0. The molecule has 116 valence electrons. The van der Waals surface area contributed by atoms with Gasteiger partial charge in [0.2, 0.25) is 0 Å². The maximum atomic E-state index is 12.2. The first-order chi connectivity index (χ1) is 9.96. The van der Waals surface area contributed by atoms with E-state index in [-0.39, 0.29) is 6.73 Å². The second-order valence-electron chi connectivity index (χ2n) is 5.59. The third-order valence-corrected chi connectivity index (χ3v) is 4.31. The van der Waals surface area contributed by atoms with Crippen LogP contribution in [0.2, 0.25) is 0 Å². The van der Waals surface area contributed by atoms with Crippen molar-refractivity contribution in [2.45, 2.75) is 33.5 Å². The molecule has 2 atom stereocenters. The Balaban J connectivity index is 2.39. The molecule has 5 nitrogen and oxygen atoms in total. The first-order valence-corrected chi connectivity index (χ1v) is 7.15. The summed E-state index contributed by atoms with van der Waals surface area (Å²) in [4.78, 5) is 14.2. The summed E-state index contributed by atoms with van der Waals surface area (Å²) in [6.07, 6.45) is -0.696. The fourth-order valence-electron chi connectivity index (χ4n) is 3.03. The van der Waals surface area contributed by atoms with Crippen LogP contribution in [0.1, 0.15) is 24.5 Å². The second-order valence-corrected chi connectivity index (χ2v) is 5.59. The van der Waals surface area contributed by atoms with Crippen molar-refractivity contribution in [1.29, 1.82) is 0 Å². The molecular formula is C16H23NO4. The van der Waals surface area contributed by atoms with Gasteiger partial charge < -0.3 is 19.5 Å². The number of anilines is 1. The quantitative estimate of drug-likeness (QED) is 0.864. The first-order valence-electron chi connectivity index (χ1n) is 7.15. The van der Waals surface area contributed by atoms with Gasteiger partial charge in [-0.05, 0) is 31.4 Å². The maximum absolute atomic E-state index is 12.2. The van der Waals surface area contributed by atoms with Crippen molar-refractivity contribution in [2.24, 2.45) is 5.41 Å². The van der Waals surface area contributed by atoms with Crippen LogP contribution in [-0.4, -0.2) is 37.8 Å². The lowest BCUT2D eigenvalue weighted by molar-refractivity contribution is -0.212. The Morgan fingerprint density at radius 1 is 1.48 bits per heavy atom.